The van der Waals surface area contributed by atoms with Gasteiger partial charge >= 0.3 is 0 Å². The first-order valence-corrected chi connectivity index (χ1v) is 5.18. The number of fused-ring (bicyclic) bond motifs is 5. The zero-order valence-electron chi connectivity index (χ0n) is 8.14. The second-order valence-electron chi connectivity index (χ2n) is 4.12. The molecule has 4 rings (SSSR count). The summed E-state index contributed by atoms with van der Waals surface area (Å²) in [5, 5.41) is 0. The van der Waals surface area contributed by atoms with Gasteiger partial charge in [-0.3, -0.25) is 4.99 Å². The standard InChI is InChI=1S/C14H9N/c1-3-7-12-10(5-1)11-6-2-4-8-13(11)14(12)9-15-14/h1-9H. The summed E-state index contributed by atoms with van der Waals surface area (Å²) >= 11 is 0. The molecule has 0 saturated heterocycles. The Morgan fingerprint density at radius 1 is 0.733 bits per heavy atom. The van der Waals surface area contributed by atoms with Crippen LogP contribution < -0.4 is 0 Å². The Balaban J connectivity index is 2.15. The minimum absolute atomic E-state index is 0.0901. The molecule has 70 valence electrons. The molecule has 0 N–H and O–H groups in total. The lowest BCUT2D eigenvalue weighted by Gasteiger charge is -2.07. The van der Waals surface area contributed by atoms with Gasteiger partial charge in [0.05, 0.1) is 0 Å². The molecule has 2 aliphatic rings. The summed E-state index contributed by atoms with van der Waals surface area (Å²) in [6, 6.07) is 17.1. The molecule has 1 heteroatoms. The fourth-order valence-electron chi connectivity index (χ4n) is 2.59. The van der Waals surface area contributed by atoms with Crippen molar-refractivity contribution in [2.24, 2.45) is 4.99 Å². The molecule has 0 saturated carbocycles. The molecule has 1 nitrogen and oxygen atoms in total. The Morgan fingerprint density at radius 3 is 1.67 bits per heavy atom. The highest BCUT2D eigenvalue weighted by atomic mass is 15.0. The number of aliphatic imine (C=N–C) groups is 1. The third kappa shape index (κ3) is 0.732. The van der Waals surface area contributed by atoms with Gasteiger partial charge in [-0.2, -0.15) is 0 Å². The first-order chi connectivity index (χ1) is 7.42. The molecule has 0 atom stereocenters. The van der Waals surface area contributed by atoms with Gasteiger partial charge in [-0.1, -0.05) is 48.5 Å². The van der Waals surface area contributed by atoms with Crippen LogP contribution in [0.1, 0.15) is 11.1 Å². The van der Waals surface area contributed by atoms with E-state index in [1.54, 1.807) is 0 Å². The SMILES string of the molecule is C1=NC12c1ccccc1-c1ccccc12. The van der Waals surface area contributed by atoms with Crippen LogP contribution in [0.15, 0.2) is 53.5 Å². The van der Waals surface area contributed by atoms with Crippen molar-refractivity contribution in [2.75, 3.05) is 0 Å². The van der Waals surface area contributed by atoms with Crippen molar-refractivity contribution < 1.29 is 0 Å². The molecule has 0 radical (unpaired) electrons. The van der Waals surface area contributed by atoms with E-state index in [0.29, 0.717) is 0 Å². The van der Waals surface area contributed by atoms with Crippen LogP contribution in [0.3, 0.4) is 0 Å². The largest absolute Gasteiger partial charge is 0.272 e. The highest BCUT2D eigenvalue weighted by Gasteiger charge is 2.48. The second kappa shape index (κ2) is 2.19. The van der Waals surface area contributed by atoms with Gasteiger partial charge in [0.15, 0.2) is 0 Å². The van der Waals surface area contributed by atoms with Gasteiger partial charge in [-0.05, 0) is 22.3 Å². The highest BCUT2D eigenvalue weighted by Crippen LogP contribution is 2.53. The molecule has 2 aromatic carbocycles. The molecule has 1 heterocycles. The van der Waals surface area contributed by atoms with Crippen LogP contribution in [0.5, 0.6) is 0 Å². The van der Waals surface area contributed by atoms with Crippen molar-refractivity contribution in [1.29, 1.82) is 0 Å². The molecule has 15 heavy (non-hydrogen) atoms. The molecule has 2 aromatic rings. The van der Waals surface area contributed by atoms with Crippen molar-refractivity contribution in [1.82, 2.24) is 0 Å². The van der Waals surface area contributed by atoms with Crippen molar-refractivity contribution in [2.45, 2.75) is 5.54 Å². The lowest BCUT2D eigenvalue weighted by atomic mass is 9.96. The van der Waals surface area contributed by atoms with Gasteiger partial charge in [-0.25, -0.2) is 0 Å². The quantitative estimate of drug-likeness (QED) is 0.607. The van der Waals surface area contributed by atoms with E-state index < -0.39 is 0 Å². The zero-order valence-corrected chi connectivity index (χ0v) is 8.14. The Kier molecular flexibility index (Phi) is 1.08. The minimum atomic E-state index is -0.0901. The topological polar surface area (TPSA) is 12.4 Å². The number of nitrogens with zero attached hydrogens (tertiary/aromatic N) is 1. The fraction of sp³-hybridized carbons (Fsp3) is 0.0714. The van der Waals surface area contributed by atoms with Crippen molar-refractivity contribution >= 4 is 6.21 Å². The number of rotatable bonds is 0. The molecule has 0 aromatic heterocycles. The molecule has 0 unspecified atom stereocenters. The highest BCUT2D eigenvalue weighted by molar-refractivity contribution is 6.01. The minimum Gasteiger partial charge on any atom is -0.272 e. The summed E-state index contributed by atoms with van der Waals surface area (Å²) in [7, 11) is 0. The summed E-state index contributed by atoms with van der Waals surface area (Å²) in [5.41, 5.74) is 5.27. The third-order valence-electron chi connectivity index (χ3n) is 3.35. The van der Waals surface area contributed by atoms with Crippen LogP contribution in [-0.2, 0) is 5.54 Å². The Labute approximate surface area is 88.1 Å². The molecule has 0 fully saturated rings. The zero-order chi connectivity index (χ0) is 9.88. The predicted octanol–water partition coefficient (Wildman–Crippen LogP) is 3.00. The molecule has 1 aliphatic carbocycles. The van der Waals surface area contributed by atoms with E-state index in [-0.39, 0.29) is 5.54 Å². The van der Waals surface area contributed by atoms with Gasteiger partial charge in [0.25, 0.3) is 0 Å². The lowest BCUT2D eigenvalue weighted by molar-refractivity contribution is 0.900. The van der Waals surface area contributed by atoms with Crippen LogP contribution in [-0.4, -0.2) is 6.21 Å². The Bertz CT molecular complexity index is 542. The summed E-state index contributed by atoms with van der Waals surface area (Å²) < 4.78 is 0. The van der Waals surface area contributed by atoms with Crippen molar-refractivity contribution in [3.05, 3.63) is 59.7 Å². The maximum atomic E-state index is 4.49. The van der Waals surface area contributed by atoms with Crippen LogP contribution in [0.4, 0.5) is 0 Å². The van der Waals surface area contributed by atoms with E-state index in [2.05, 4.69) is 59.7 Å². The normalized spacial score (nSPS) is 17.6. The lowest BCUT2D eigenvalue weighted by Crippen LogP contribution is -2.07. The summed E-state index contributed by atoms with van der Waals surface area (Å²) in [6.45, 7) is 0. The van der Waals surface area contributed by atoms with Crippen LogP contribution in [0.25, 0.3) is 11.1 Å². The van der Waals surface area contributed by atoms with Crippen LogP contribution in [0.2, 0.25) is 0 Å². The van der Waals surface area contributed by atoms with E-state index in [9.17, 15) is 0 Å². The van der Waals surface area contributed by atoms with E-state index in [1.165, 1.54) is 22.3 Å². The van der Waals surface area contributed by atoms with Gasteiger partial charge < -0.3 is 0 Å². The maximum absolute atomic E-state index is 4.49. The average molecular weight is 191 g/mol. The average Bonchev–Trinajstić information content (AvgIpc) is 3.05. The molecule has 0 bridgehead atoms. The van der Waals surface area contributed by atoms with Crippen LogP contribution in [0, 0.1) is 0 Å². The van der Waals surface area contributed by atoms with E-state index in [0.717, 1.165) is 0 Å². The maximum Gasteiger partial charge on any atom is 0.146 e. The number of hydrogen-bond acceptors (Lipinski definition) is 1. The van der Waals surface area contributed by atoms with Gasteiger partial charge in [0.1, 0.15) is 5.54 Å². The van der Waals surface area contributed by atoms with E-state index in [4.69, 9.17) is 0 Å². The van der Waals surface area contributed by atoms with Crippen LogP contribution >= 0.6 is 0 Å². The first-order valence-electron chi connectivity index (χ1n) is 5.18. The van der Waals surface area contributed by atoms with E-state index in [1.807, 2.05) is 0 Å². The smallest absolute Gasteiger partial charge is 0.146 e. The summed E-state index contributed by atoms with van der Waals surface area (Å²) in [6.07, 6.45) is 2.05. The first kappa shape index (κ1) is 7.41. The fourth-order valence-corrected chi connectivity index (χ4v) is 2.59. The van der Waals surface area contributed by atoms with E-state index >= 15 is 0 Å². The molecule has 1 spiro atoms. The Morgan fingerprint density at radius 2 is 1.20 bits per heavy atom. The summed E-state index contributed by atoms with van der Waals surface area (Å²) in [4.78, 5) is 4.49. The molecular weight excluding hydrogens is 182 g/mol. The van der Waals surface area contributed by atoms with Gasteiger partial charge in [-0.15, -0.1) is 0 Å². The van der Waals surface area contributed by atoms with Gasteiger partial charge in [0.2, 0.25) is 0 Å². The summed E-state index contributed by atoms with van der Waals surface area (Å²) in [5.74, 6) is 0. The predicted molar refractivity (Wildman–Crippen MR) is 61.2 cm³/mol. The monoisotopic (exact) mass is 191 g/mol. The molecule has 0 amide bonds. The number of benzene rings is 2. The third-order valence-corrected chi connectivity index (χ3v) is 3.35. The molecular formula is C14H9N. The van der Waals surface area contributed by atoms with Crippen molar-refractivity contribution in [3.63, 3.8) is 0 Å². The van der Waals surface area contributed by atoms with Crippen molar-refractivity contribution in [3.8, 4) is 11.1 Å². The second-order valence-corrected chi connectivity index (χ2v) is 4.12. The number of hydrogen-bond donors (Lipinski definition) is 0. The Hall–Kier alpha value is -1.89. The van der Waals surface area contributed by atoms with Gasteiger partial charge in [0, 0.05) is 6.21 Å². The molecule has 1 aliphatic heterocycles.